The SMILES string of the molecule is CCC[C@]1(C(C)=O)CC[C@H](CO)CC1. The van der Waals surface area contributed by atoms with Gasteiger partial charge in [0.15, 0.2) is 0 Å². The van der Waals surface area contributed by atoms with Gasteiger partial charge in [0, 0.05) is 12.0 Å². The Morgan fingerprint density at radius 1 is 1.43 bits per heavy atom. The molecule has 1 aliphatic rings. The van der Waals surface area contributed by atoms with Crippen LogP contribution >= 0.6 is 0 Å². The number of rotatable bonds is 4. The Hall–Kier alpha value is -0.370. The molecule has 0 radical (unpaired) electrons. The first-order valence-electron chi connectivity index (χ1n) is 5.76. The summed E-state index contributed by atoms with van der Waals surface area (Å²) < 4.78 is 0. The van der Waals surface area contributed by atoms with Crippen molar-refractivity contribution in [1.82, 2.24) is 0 Å². The Labute approximate surface area is 86.7 Å². The lowest BCUT2D eigenvalue weighted by atomic mass is 9.66. The highest BCUT2D eigenvalue weighted by molar-refractivity contribution is 5.82. The Kier molecular flexibility index (Phi) is 4.11. The topological polar surface area (TPSA) is 37.3 Å². The van der Waals surface area contributed by atoms with Crippen LogP contribution in [0.4, 0.5) is 0 Å². The smallest absolute Gasteiger partial charge is 0.135 e. The summed E-state index contributed by atoms with van der Waals surface area (Å²) in [7, 11) is 0. The summed E-state index contributed by atoms with van der Waals surface area (Å²) in [5.74, 6) is 0.801. The van der Waals surface area contributed by atoms with Crippen molar-refractivity contribution in [1.29, 1.82) is 0 Å². The lowest BCUT2D eigenvalue weighted by Gasteiger charge is -2.37. The van der Waals surface area contributed by atoms with E-state index in [1.165, 1.54) is 0 Å². The molecule has 82 valence electrons. The van der Waals surface area contributed by atoms with Gasteiger partial charge in [0.1, 0.15) is 5.78 Å². The van der Waals surface area contributed by atoms with E-state index in [9.17, 15) is 4.79 Å². The van der Waals surface area contributed by atoms with Crippen molar-refractivity contribution >= 4 is 5.78 Å². The molecule has 1 N–H and O–H groups in total. The molecular weight excluding hydrogens is 176 g/mol. The number of hydrogen-bond donors (Lipinski definition) is 1. The second-order valence-electron chi connectivity index (χ2n) is 4.71. The summed E-state index contributed by atoms with van der Waals surface area (Å²) in [5.41, 5.74) is -0.0412. The van der Waals surface area contributed by atoms with Gasteiger partial charge in [0.25, 0.3) is 0 Å². The normalized spacial score (nSPS) is 32.9. The van der Waals surface area contributed by atoms with Gasteiger partial charge in [-0.05, 0) is 44.9 Å². The van der Waals surface area contributed by atoms with Crippen molar-refractivity contribution in [3.63, 3.8) is 0 Å². The van der Waals surface area contributed by atoms with Crippen LogP contribution in [0.3, 0.4) is 0 Å². The molecule has 2 nitrogen and oxygen atoms in total. The van der Waals surface area contributed by atoms with Gasteiger partial charge in [-0.25, -0.2) is 0 Å². The highest BCUT2D eigenvalue weighted by Crippen LogP contribution is 2.42. The summed E-state index contributed by atoms with van der Waals surface area (Å²) in [5, 5.41) is 9.04. The quantitative estimate of drug-likeness (QED) is 0.753. The van der Waals surface area contributed by atoms with Crippen molar-refractivity contribution in [2.24, 2.45) is 11.3 Å². The van der Waals surface area contributed by atoms with E-state index in [0.717, 1.165) is 38.5 Å². The second kappa shape index (κ2) is 4.92. The van der Waals surface area contributed by atoms with Crippen molar-refractivity contribution in [3.05, 3.63) is 0 Å². The number of Topliss-reactive ketones (excluding diaryl/α,β-unsaturated/α-hetero) is 1. The van der Waals surface area contributed by atoms with E-state index >= 15 is 0 Å². The zero-order valence-corrected chi connectivity index (χ0v) is 9.38. The lowest BCUT2D eigenvalue weighted by molar-refractivity contribution is -0.129. The van der Waals surface area contributed by atoms with E-state index in [-0.39, 0.29) is 5.41 Å². The zero-order valence-electron chi connectivity index (χ0n) is 9.38. The summed E-state index contributed by atoms with van der Waals surface area (Å²) in [6, 6.07) is 0. The molecule has 14 heavy (non-hydrogen) atoms. The molecule has 0 bridgehead atoms. The van der Waals surface area contributed by atoms with Gasteiger partial charge in [0.2, 0.25) is 0 Å². The molecule has 0 aromatic rings. The first kappa shape index (κ1) is 11.7. The summed E-state index contributed by atoms with van der Waals surface area (Å²) >= 11 is 0. The van der Waals surface area contributed by atoms with E-state index in [2.05, 4.69) is 6.92 Å². The van der Waals surface area contributed by atoms with E-state index in [1.807, 2.05) is 0 Å². The second-order valence-corrected chi connectivity index (χ2v) is 4.71. The predicted octanol–water partition coefficient (Wildman–Crippen LogP) is 2.54. The number of carbonyl (C=O) groups is 1. The fourth-order valence-electron chi connectivity index (χ4n) is 2.67. The molecular formula is C12H22O2. The van der Waals surface area contributed by atoms with Gasteiger partial charge in [-0.1, -0.05) is 13.3 Å². The van der Waals surface area contributed by atoms with Crippen molar-refractivity contribution < 1.29 is 9.90 Å². The highest BCUT2D eigenvalue weighted by Gasteiger charge is 2.37. The average Bonchev–Trinajstić information content (AvgIpc) is 2.19. The maximum atomic E-state index is 11.6. The van der Waals surface area contributed by atoms with Crippen LogP contribution in [0.2, 0.25) is 0 Å². The first-order chi connectivity index (χ1) is 6.64. The van der Waals surface area contributed by atoms with Gasteiger partial charge in [-0.15, -0.1) is 0 Å². The molecule has 0 atom stereocenters. The van der Waals surface area contributed by atoms with E-state index in [1.54, 1.807) is 6.92 Å². The minimum absolute atomic E-state index is 0.0412. The molecule has 0 spiro atoms. The van der Waals surface area contributed by atoms with Crippen LogP contribution in [0.25, 0.3) is 0 Å². The largest absolute Gasteiger partial charge is 0.396 e. The molecule has 0 saturated heterocycles. The van der Waals surface area contributed by atoms with E-state index in [0.29, 0.717) is 18.3 Å². The average molecular weight is 198 g/mol. The van der Waals surface area contributed by atoms with Gasteiger partial charge < -0.3 is 5.11 Å². The van der Waals surface area contributed by atoms with Crippen LogP contribution in [-0.4, -0.2) is 17.5 Å². The molecule has 0 heterocycles. The minimum atomic E-state index is -0.0412. The third kappa shape index (κ3) is 2.35. The van der Waals surface area contributed by atoms with Crippen LogP contribution in [0.5, 0.6) is 0 Å². The fraction of sp³-hybridized carbons (Fsp3) is 0.917. The Balaban J connectivity index is 2.59. The monoisotopic (exact) mass is 198 g/mol. The Bertz CT molecular complexity index is 190. The minimum Gasteiger partial charge on any atom is -0.396 e. The molecule has 2 heteroatoms. The Morgan fingerprint density at radius 2 is 2.00 bits per heavy atom. The summed E-state index contributed by atoms with van der Waals surface area (Å²) in [6.07, 6.45) is 6.14. The van der Waals surface area contributed by atoms with Gasteiger partial charge >= 0.3 is 0 Å². The number of ketones is 1. The molecule has 1 rings (SSSR count). The number of hydrogen-bond acceptors (Lipinski definition) is 2. The van der Waals surface area contributed by atoms with Gasteiger partial charge in [-0.2, -0.15) is 0 Å². The van der Waals surface area contributed by atoms with Crippen LogP contribution < -0.4 is 0 Å². The number of carbonyl (C=O) groups excluding carboxylic acids is 1. The van der Waals surface area contributed by atoms with Crippen molar-refractivity contribution in [2.45, 2.75) is 52.4 Å². The maximum Gasteiger partial charge on any atom is 0.135 e. The van der Waals surface area contributed by atoms with Crippen LogP contribution in [0.1, 0.15) is 52.4 Å². The fourth-order valence-corrected chi connectivity index (χ4v) is 2.67. The van der Waals surface area contributed by atoms with Crippen LogP contribution in [0, 0.1) is 11.3 Å². The van der Waals surface area contributed by atoms with E-state index < -0.39 is 0 Å². The lowest BCUT2D eigenvalue weighted by Crippen LogP contribution is -2.34. The molecule has 0 amide bonds. The maximum absolute atomic E-state index is 11.6. The summed E-state index contributed by atoms with van der Waals surface area (Å²) in [6.45, 7) is 4.16. The predicted molar refractivity (Wildman–Crippen MR) is 57.1 cm³/mol. The molecule has 0 aliphatic heterocycles. The van der Waals surface area contributed by atoms with Crippen molar-refractivity contribution in [3.8, 4) is 0 Å². The van der Waals surface area contributed by atoms with Crippen molar-refractivity contribution in [2.75, 3.05) is 6.61 Å². The van der Waals surface area contributed by atoms with Gasteiger partial charge in [-0.3, -0.25) is 4.79 Å². The molecule has 0 unspecified atom stereocenters. The van der Waals surface area contributed by atoms with Crippen LogP contribution in [0.15, 0.2) is 0 Å². The third-order valence-electron chi connectivity index (χ3n) is 3.80. The third-order valence-corrected chi connectivity index (χ3v) is 3.80. The molecule has 0 aromatic carbocycles. The van der Waals surface area contributed by atoms with Crippen LogP contribution in [-0.2, 0) is 4.79 Å². The number of aliphatic hydroxyl groups excluding tert-OH is 1. The molecule has 1 aliphatic carbocycles. The first-order valence-corrected chi connectivity index (χ1v) is 5.76. The Morgan fingerprint density at radius 3 is 2.36 bits per heavy atom. The zero-order chi connectivity index (χ0) is 10.6. The number of aliphatic hydroxyl groups is 1. The van der Waals surface area contributed by atoms with Gasteiger partial charge in [0.05, 0.1) is 0 Å². The molecule has 1 fully saturated rings. The molecule has 1 saturated carbocycles. The van der Waals surface area contributed by atoms with E-state index in [4.69, 9.17) is 5.11 Å². The summed E-state index contributed by atoms with van der Waals surface area (Å²) in [4.78, 5) is 11.6. The standard InChI is InChI=1S/C12H22O2/c1-3-6-12(10(2)14)7-4-11(9-13)5-8-12/h11,13H,3-9H2,1-2H3/t11-,12-. The highest BCUT2D eigenvalue weighted by atomic mass is 16.3. The molecule has 0 aromatic heterocycles.